The normalized spacial score (nSPS) is 20.0. The Hall–Kier alpha value is -2.12. The smallest absolute Gasteiger partial charge is 0.306 e. The molecule has 0 spiro atoms. The predicted octanol–water partition coefficient (Wildman–Crippen LogP) is 12.7. The number of hydrogen-bond acceptors (Lipinski definition) is 10. The van der Waals surface area contributed by atoms with Crippen molar-refractivity contribution in [3.8, 4) is 0 Å². The molecule has 1 fully saturated rings. The molecule has 69 heavy (non-hydrogen) atoms. The molecule has 0 bridgehead atoms. The molecule has 0 aromatic rings. The molecule has 404 valence electrons. The van der Waals surface area contributed by atoms with Gasteiger partial charge in [0.1, 0.15) is 24.4 Å². The number of hydrogen-bond donors (Lipinski definition) is 6. The zero-order valence-corrected chi connectivity index (χ0v) is 44.4. The Morgan fingerprint density at radius 1 is 0.565 bits per heavy atom. The van der Waals surface area contributed by atoms with Crippen LogP contribution in [0.3, 0.4) is 0 Å². The molecular weight excluding hydrogens is 871 g/mol. The van der Waals surface area contributed by atoms with E-state index >= 15 is 0 Å². The van der Waals surface area contributed by atoms with E-state index in [1.807, 2.05) is 12.2 Å². The van der Waals surface area contributed by atoms with E-state index in [1.54, 1.807) is 12.2 Å². The fourth-order valence-corrected chi connectivity index (χ4v) is 8.93. The maximum atomic E-state index is 13.3. The van der Waals surface area contributed by atoms with Gasteiger partial charge in [0.25, 0.3) is 0 Å². The van der Waals surface area contributed by atoms with Gasteiger partial charge < -0.3 is 45.1 Å². The van der Waals surface area contributed by atoms with Crippen molar-refractivity contribution in [3.63, 3.8) is 0 Å². The molecule has 0 aromatic heterocycles. The number of rotatable bonds is 48. The molecule has 11 nitrogen and oxygen atoms in total. The van der Waals surface area contributed by atoms with Crippen molar-refractivity contribution in [2.45, 2.75) is 307 Å². The van der Waals surface area contributed by atoms with Crippen molar-refractivity contribution in [1.29, 1.82) is 0 Å². The van der Waals surface area contributed by atoms with Gasteiger partial charge in [-0.1, -0.05) is 243 Å². The second-order valence-corrected chi connectivity index (χ2v) is 20.0. The first-order valence-corrected chi connectivity index (χ1v) is 28.8. The number of allylic oxidation sites excluding steroid dienone is 4. The Morgan fingerprint density at radius 3 is 1.48 bits per heavy atom. The van der Waals surface area contributed by atoms with E-state index in [1.165, 1.54) is 167 Å². The average molecular weight is 978 g/mol. The maximum absolute atomic E-state index is 13.3. The van der Waals surface area contributed by atoms with Gasteiger partial charge in [0.05, 0.1) is 25.4 Å². The number of aliphatic hydroxyl groups is 5. The number of carbonyl (C=O) groups excluding carboxylic acids is 2. The lowest BCUT2D eigenvalue weighted by Gasteiger charge is -2.41. The van der Waals surface area contributed by atoms with Gasteiger partial charge in [-0.2, -0.15) is 0 Å². The third-order valence-corrected chi connectivity index (χ3v) is 13.6. The van der Waals surface area contributed by atoms with Gasteiger partial charge in [-0.05, 0) is 38.5 Å². The summed E-state index contributed by atoms with van der Waals surface area (Å²) in [4.78, 5) is 26.4. The molecule has 0 radical (unpaired) electrons. The van der Waals surface area contributed by atoms with Crippen LogP contribution in [0.1, 0.15) is 258 Å². The van der Waals surface area contributed by atoms with Crippen LogP contribution in [0.25, 0.3) is 0 Å². The SMILES string of the molecule is CCCCCCCC/C=C\C/C=C/CC(O)C(=O)NC(COC1OC(CO)C(O)C(O)C1OC(=O)CCCCCCCCCCCCCCCCCCC)C(O)/C=C/CCCCCCCCCCC. The molecule has 0 aliphatic carbocycles. The summed E-state index contributed by atoms with van der Waals surface area (Å²) in [5, 5.41) is 56.6. The lowest BCUT2D eigenvalue weighted by atomic mass is 9.99. The summed E-state index contributed by atoms with van der Waals surface area (Å²) >= 11 is 0. The summed E-state index contributed by atoms with van der Waals surface area (Å²) in [7, 11) is 0. The van der Waals surface area contributed by atoms with Crippen LogP contribution in [-0.2, 0) is 23.8 Å². The van der Waals surface area contributed by atoms with Crippen LogP contribution in [-0.4, -0.2) is 99.6 Å². The van der Waals surface area contributed by atoms with Gasteiger partial charge >= 0.3 is 5.97 Å². The van der Waals surface area contributed by atoms with E-state index in [0.717, 1.165) is 44.9 Å². The van der Waals surface area contributed by atoms with Gasteiger partial charge in [-0.25, -0.2) is 0 Å². The van der Waals surface area contributed by atoms with E-state index in [9.17, 15) is 35.1 Å². The molecule has 1 aliphatic heterocycles. The second-order valence-electron chi connectivity index (χ2n) is 20.0. The van der Waals surface area contributed by atoms with Crippen LogP contribution in [0, 0.1) is 0 Å². The van der Waals surface area contributed by atoms with Gasteiger partial charge in [0.15, 0.2) is 12.4 Å². The summed E-state index contributed by atoms with van der Waals surface area (Å²) in [6.45, 7) is 5.73. The molecule has 1 rings (SSSR count). The Balaban J connectivity index is 2.73. The van der Waals surface area contributed by atoms with Gasteiger partial charge in [-0.3, -0.25) is 9.59 Å². The quantitative estimate of drug-likeness (QED) is 0.0196. The molecule has 6 N–H and O–H groups in total. The molecule has 1 amide bonds. The predicted molar refractivity (Wildman–Crippen MR) is 283 cm³/mol. The first-order valence-electron chi connectivity index (χ1n) is 28.8. The molecule has 1 aliphatic rings. The number of ether oxygens (including phenoxy) is 3. The monoisotopic (exact) mass is 978 g/mol. The van der Waals surface area contributed by atoms with Gasteiger partial charge in [-0.15, -0.1) is 0 Å². The fourth-order valence-electron chi connectivity index (χ4n) is 8.93. The zero-order chi connectivity index (χ0) is 50.4. The number of amides is 1. The second kappa shape index (κ2) is 46.9. The van der Waals surface area contributed by atoms with E-state index in [-0.39, 0.29) is 19.4 Å². The van der Waals surface area contributed by atoms with Gasteiger partial charge in [0.2, 0.25) is 5.91 Å². The lowest BCUT2D eigenvalue weighted by Crippen LogP contribution is -2.61. The standard InChI is InChI=1S/C58H107NO10/c1-4-7-10-13-16-19-22-24-25-26-27-28-31-34-37-40-43-46-53(63)69-56-55(65)54(64)52(47-60)68-58(56)67-48-49(50(61)44-41-38-35-32-29-21-18-15-12-9-6-3)59-57(66)51(62)45-42-39-36-33-30-23-20-17-14-11-8-5-2/h30,33,39,41-42,44,49-52,54-56,58,60-62,64-65H,4-29,31-32,34-38,40,43,45-48H2,1-3H3,(H,59,66)/b33-30-,42-39+,44-41+. The van der Waals surface area contributed by atoms with E-state index in [4.69, 9.17) is 14.2 Å². The average Bonchev–Trinajstić information content (AvgIpc) is 3.34. The van der Waals surface area contributed by atoms with E-state index in [2.05, 4.69) is 38.2 Å². The Morgan fingerprint density at radius 2 is 1.00 bits per heavy atom. The molecule has 8 unspecified atom stereocenters. The van der Waals surface area contributed by atoms with Crippen LogP contribution in [0.2, 0.25) is 0 Å². The highest BCUT2D eigenvalue weighted by Gasteiger charge is 2.47. The van der Waals surface area contributed by atoms with Crippen molar-refractivity contribution in [2.24, 2.45) is 0 Å². The third kappa shape index (κ3) is 35.6. The lowest BCUT2D eigenvalue weighted by molar-refractivity contribution is -0.305. The summed E-state index contributed by atoms with van der Waals surface area (Å²) in [6.07, 6.45) is 43.6. The molecular formula is C58H107NO10. The van der Waals surface area contributed by atoms with Crippen molar-refractivity contribution in [3.05, 3.63) is 36.5 Å². The summed E-state index contributed by atoms with van der Waals surface area (Å²) in [6, 6.07) is -1.05. The van der Waals surface area contributed by atoms with Crippen LogP contribution in [0.15, 0.2) is 36.5 Å². The minimum atomic E-state index is -1.62. The Kier molecular flexibility index (Phi) is 44.1. The minimum absolute atomic E-state index is 0.0840. The number of esters is 1. The molecule has 1 saturated heterocycles. The maximum Gasteiger partial charge on any atom is 0.306 e. The van der Waals surface area contributed by atoms with Crippen molar-refractivity contribution in [1.82, 2.24) is 5.32 Å². The molecule has 11 heteroatoms. The minimum Gasteiger partial charge on any atom is -0.454 e. The topological polar surface area (TPSA) is 175 Å². The third-order valence-electron chi connectivity index (χ3n) is 13.6. The summed E-state index contributed by atoms with van der Waals surface area (Å²) < 4.78 is 17.5. The highest BCUT2D eigenvalue weighted by Crippen LogP contribution is 2.26. The largest absolute Gasteiger partial charge is 0.454 e. The van der Waals surface area contributed by atoms with Crippen molar-refractivity contribution in [2.75, 3.05) is 13.2 Å². The summed E-state index contributed by atoms with van der Waals surface area (Å²) in [5.41, 5.74) is 0. The number of unbranched alkanes of at least 4 members (excludes halogenated alkanes) is 31. The number of nitrogens with one attached hydrogen (secondary N) is 1. The Labute approximate surface area is 422 Å². The molecule has 0 aromatic carbocycles. The summed E-state index contributed by atoms with van der Waals surface area (Å²) in [5.74, 6) is -1.26. The number of carbonyl (C=O) groups is 2. The fraction of sp³-hybridized carbons (Fsp3) is 0.862. The van der Waals surface area contributed by atoms with Crippen LogP contribution < -0.4 is 5.32 Å². The van der Waals surface area contributed by atoms with Crippen LogP contribution in [0.4, 0.5) is 0 Å². The highest BCUT2D eigenvalue weighted by atomic mass is 16.7. The van der Waals surface area contributed by atoms with Crippen molar-refractivity contribution >= 4 is 11.9 Å². The first-order chi connectivity index (χ1) is 33.7. The zero-order valence-electron chi connectivity index (χ0n) is 44.4. The van der Waals surface area contributed by atoms with Gasteiger partial charge in [0, 0.05) is 12.8 Å². The molecule has 0 saturated carbocycles. The van der Waals surface area contributed by atoms with Crippen LogP contribution in [0.5, 0.6) is 0 Å². The van der Waals surface area contributed by atoms with Crippen LogP contribution >= 0.6 is 0 Å². The highest BCUT2D eigenvalue weighted by molar-refractivity contribution is 5.81. The van der Waals surface area contributed by atoms with E-state index < -0.39 is 67.4 Å². The molecule has 1 heterocycles. The Bertz CT molecular complexity index is 1260. The van der Waals surface area contributed by atoms with E-state index in [0.29, 0.717) is 12.8 Å². The van der Waals surface area contributed by atoms with Crippen molar-refractivity contribution < 1.29 is 49.3 Å². The first kappa shape index (κ1) is 64.9. The number of aliphatic hydroxyl groups excluding tert-OH is 5. The molecule has 8 atom stereocenters.